The first kappa shape index (κ1) is 11.1. The summed E-state index contributed by atoms with van der Waals surface area (Å²) < 4.78 is 5.12. The summed E-state index contributed by atoms with van der Waals surface area (Å²) in [5.41, 5.74) is 0.199. The molecule has 1 fully saturated rings. The fourth-order valence-corrected chi connectivity index (χ4v) is 2.32. The van der Waals surface area contributed by atoms with Gasteiger partial charge in [0.15, 0.2) is 5.76 Å². The molecule has 0 spiro atoms. The third-order valence-corrected chi connectivity index (χ3v) is 3.15. The normalized spacial score (nSPS) is 22.2. The van der Waals surface area contributed by atoms with Gasteiger partial charge >= 0.3 is 5.97 Å². The molecule has 1 N–H and O–H groups in total. The molecule has 0 radical (unpaired) electrons. The Kier molecular flexibility index (Phi) is 3.24. The number of carboxylic acid groups (broad SMARTS) is 1. The smallest absolute Gasteiger partial charge is 0.341 e. The highest BCUT2D eigenvalue weighted by molar-refractivity contribution is 5.88. The fourth-order valence-electron chi connectivity index (χ4n) is 2.32. The molecule has 0 bridgehead atoms. The second-order valence-corrected chi connectivity index (χ2v) is 4.05. The number of hydrogen-bond acceptors (Lipinski definition) is 4. The van der Waals surface area contributed by atoms with E-state index in [1.54, 1.807) is 0 Å². The van der Waals surface area contributed by atoms with Crippen LogP contribution in [0.5, 0.6) is 0 Å². The van der Waals surface area contributed by atoms with Gasteiger partial charge in [0.1, 0.15) is 5.56 Å². The van der Waals surface area contributed by atoms with Gasteiger partial charge in [-0.3, -0.25) is 4.90 Å². The molecule has 1 aliphatic heterocycles. The lowest BCUT2D eigenvalue weighted by molar-refractivity contribution is 0.0684. The minimum atomic E-state index is -0.960. The highest BCUT2D eigenvalue weighted by atomic mass is 16.5. The number of nitrogens with zero attached hydrogens (tertiary/aromatic N) is 2. The van der Waals surface area contributed by atoms with Crippen LogP contribution < -0.4 is 0 Å². The van der Waals surface area contributed by atoms with Crippen molar-refractivity contribution in [3.8, 4) is 0 Å². The zero-order chi connectivity index (χ0) is 11.5. The molecule has 88 valence electrons. The number of aromatic carboxylic acids is 1. The molecule has 1 aromatic rings. The van der Waals surface area contributed by atoms with Gasteiger partial charge in [0.25, 0.3) is 0 Å². The Morgan fingerprint density at radius 3 is 3.19 bits per heavy atom. The maximum atomic E-state index is 11.0. The maximum absolute atomic E-state index is 11.0. The molecule has 1 aromatic heterocycles. The first-order chi connectivity index (χ1) is 7.74. The van der Waals surface area contributed by atoms with Crippen molar-refractivity contribution < 1.29 is 14.4 Å². The Bertz CT molecular complexity index is 375. The van der Waals surface area contributed by atoms with E-state index in [0.29, 0.717) is 5.76 Å². The van der Waals surface area contributed by atoms with Gasteiger partial charge in [-0.15, -0.1) is 0 Å². The van der Waals surface area contributed by atoms with Crippen LogP contribution in [-0.2, 0) is 0 Å². The lowest BCUT2D eigenvalue weighted by Gasteiger charge is -2.33. The van der Waals surface area contributed by atoms with Gasteiger partial charge in [0, 0.05) is 0 Å². The summed E-state index contributed by atoms with van der Waals surface area (Å²) in [6, 6.07) is 0.0762. The highest BCUT2D eigenvalue weighted by Crippen LogP contribution is 2.32. The Hall–Kier alpha value is -1.36. The predicted octanol–water partition coefficient (Wildman–Crippen LogP) is 1.92. The van der Waals surface area contributed by atoms with Gasteiger partial charge in [0.2, 0.25) is 0 Å². The van der Waals surface area contributed by atoms with Crippen LogP contribution in [0.25, 0.3) is 0 Å². The van der Waals surface area contributed by atoms with Crippen LogP contribution >= 0.6 is 0 Å². The second-order valence-electron chi connectivity index (χ2n) is 4.05. The van der Waals surface area contributed by atoms with Crippen molar-refractivity contribution in [3.63, 3.8) is 0 Å². The molecule has 0 saturated carbocycles. The van der Waals surface area contributed by atoms with Crippen LogP contribution in [0.2, 0.25) is 0 Å². The van der Waals surface area contributed by atoms with Gasteiger partial charge in [-0.2, -0.15) is 0 Å². The van der Waals surface area contributed by atoms with Crippen molar-refractivity contribution in [2.24, 2.45) is 0 Å². The molecule has 1 saturated heterocycles. The van der Waals surface area contributed by atoms with Crippen molar-refractivity contribution in [1.82, 2.24) is 10.1 Å². The number of piperidine rings is 1. The number of carboxylic acids is 1. The van der Waals surface area contributed by atoms with E-state index in [1.807, 2.05) is 0 Å². The Labute approximate surface area is 94.0 Å². The number of aromatic nitrogens is 1. The van der Waals surface area contributed by atoms with Gasteiger partial charge < -0.3 is 9.63 Å². The topological polar surface area (TPSA) is 66.6 Å². The van der Waals surface area contributed by atoms with Crippen LogP contribution in [0.3, 0.4) is 0 Å². The molecule has 0 amide bonds. The number of rotatable bonds is 3. The summed E-state index contributed by atoms with van der Waals surface area (Å²) in [6.07, 6.45) is 4.52. The lowest BCUT2D eigenvalue weighted by Crippen LogP contribution is -2.33. The Morgan fingerprint density at radius 1 is 1.69 bits per heavy atom. The summed E-state index contributed by atoms with van der Waals surface area (Å²) in [4.78, 5) is 13.2. The van der Waals surface area contributed by atoms with Crippen LogP contribution in [-0.4, -0.2) is 34.2 Å². The van der Waals surface area contributed by atoms with E-state index in [1.165, 1.54) is 12.6 Å². The SMILES string of the molecule is CCN1CCCCC1c1oncc1C(=O)O. The first-order valence-corrected chi connectivity index (χ1v) is 5.66. The second kappa shape index (κ2) is 4.65. The van der Waals surface area contributed by atoms with Crippen LogP contribution in [0.15, 0.2) is 10.7 Å². The minimum Gasteiger partial charge on any atom is -0.478 e. The quantitative estimate of drug-likeness (QED) is 0.849. The van der Waals surface area contributed by atoms with Crippen molar-refractivity contribution in [1.29, 1.82) is 0 Å². The van der Waals surface area contributed by atoms with Crippen molar-refractivity contribution in [2.45, 2.75) is 32.2 Å². The van der Waals surface area contributed by atoms with Crippen LogP contribution in [0.4, 0.5) is 0 Å². The van der Waals surface area contributed by atoms with E-state index < -0.39 is 5.97 Å². The Balaban J connectivity index is 2.27. The molecule has 1 aliphatic rings. The molecular formula is C11H16N2O3. The third kappa shape index (κ3) is 1.95. The van der Waals surface area contributed by atoms with Gasteiger partial charge in [-0.25, -0.2) is 4.79 Å². The lowest BCUT2D eigenvalue weighted by atomic mass is 9.98. The van der Waals surface area contributed by atoms with Crippen LogP contribution in [0, 0.1) is 0 Å². The molecule has 5 heteroatoms. The summed E-state index contributed by atoms with van der Waals surface area (Å²) in [5.74, 6) is -0.452. The highest BCUT2D eigenvalue weighted by Gasteiger charge is 2.30. The summed E-state index contributed by atoms with van der Waals surface area (Å²) in [5, 5.41) is 12.6. The van der Waals surface area contributed by atoms with E-state index in [9.17, 15) is 4.79 Å². The molecule has 0 aliphatic carbocycles. The number of likely N-dealkylation sites (tertiary alicyclic amines) is 1. The zero-order valence-electron chi connectivity index (χ0n) is 9.35. The number of carbonyl (C=O) groups is 1. The predicted molar refractivity (Wildman–Crippen MR) is 57.3 cm³/mol. The molecule has 1 atom stereocenters. The molecule has 0 aromatic carbocycles. The average molecular weight is 224 g/mol. The molecule has 2 heterocycles. The van der Waals surface area contributed by atoms with Gasteiger partial charge in [-0.05, 0) is 25.9 Å². The summed E-state index contributed by atoms with van der Waals surface area (Å²) >= 11 is 0. The van der Waals surface area contributed by atoms with E-state index >= 15 is 0 Å². The van der Waals surface area contributed by atoms with Crippen molar-refractivity contribution in [2.75, 3.05) is 13.1 Å². The van der Waals surface area contributed by atoms with Crippen LogP contribution in [0.1, 0.15) is 48.3 Å². The molecular weight excluding hydrogens is 208 g/mol. The zero-order valence-corrected chi connectivity index (χ0v) is 9.35. The minimum absolute atomic E-state index is 0.0762. The van der Waals surface area contributed by atoms with Crippen molar-refractivity contribution in [3.05, 3.63) is 17.5 Å². The monoisotopic (exact) mass is 224 g/mol. The largest absolute Gasteiger partial charge is 0.478 e. The van der Waals surface area contributed by atoms with E-state index in [2.05, 4.69) is 17.0 Å². The fraction of sp³-hybridized carbons (Fsp3) is 0.636. The average Bonchev–Trinajstić information content (AvgIpc) is 2.77. The van der Waals surface area contributed by atoms with Gasteiger partial charge in [-0.1, -0.05) is 18.5 Å². The standard InChI is InChI=1S/C11H16N2O3/c1-2-13-6-4-3-5-9(13)10-8(11(14)15)7-12-16-10/h7,9H,2-6H2,1H3,(H,14,15). The molecule has 5 nitrogen and oxygen atoms in total. The molecule has 2 rings (SSSR count). The van der Waals surface area contributed by atoms with Crippen molar-refractivity contribution >= 4 is 5.97 Å². The van der Waals surface area contributed by atoms with E-state index in [-0.39, 0.29) is 11.6 Å². The molecule has 16 heavy (non-hydrogen) atoms. The first-order valence-electron chi connectivity index (χ1n) is 5.66. The maximum Gasteiger partial charge on any atom is 0.341 e. The van der Waals surface area contributed by atoms with E-state index in [4.69, 9.17) is 9.63 Å². The van der Waals surface area contributed by atoms with Gasteiger partial charge in [0.05, 0.1) is 12.2 Å². The Morgan fingerprint density at radius 2 is 2.50 bits per heavy atom. The summed E-state index contributed by atoms with van der Waals surface area (Å²) in [6.45, 7) is 3.99. The third-order valence-electron chi connectivity index (χ3n) is 3.15. The summed E-state index contributed by atoms with van der Waals surface area (Å²) in [7, 11) is 0. The van der Waals surface area contributed by atoms with E-state index in [0.717, 1.165) is 25.9 Å². The molecule has 1 unspecified atom stereocenters. The number of hydrogen-bond donors (Lipinski definition) is 1.